The molecule has 0 saturated carbocycles. The van der Waals surface area contributed by atoms with E-state index in [0.717, 1.165) is 0 Å². The van der Waals surface area contributed by atoms with Gasteiger partial charge in [0, 0.05) is 28.2 Å². The Morgan fingerprint density at radius 2 is 1.62 bits per heavy atom. The number of amides is 2. The van der Waals surface area contributed by atoms with Gasteiger partial charge in [-0.3, -0.25) is 9.59 Å². The maximum atomic E-state index is 13.0. The molecule has 0 aliphatic carbocycles. The molecule has 0 unspecified atom stereocenters. The van der Waals surface area contributed by atoms with Crippen molar-refractivity contribution in [1.82, 2.24) is 4.98 Å². The van der Waals surface area contributed by atoms with Crippen molar-refractivity contribution >= 4 is 52.5 Å². The molecule has 2 aromatic carbocycles. The zero-order valence-electron chi connectivity index (χ0n) is 15.4. The zero-order valence-corrected chi connectivity index (χ0v) is 17.0. The number of nitrogens with zero attached hydrogens (tertiary/aromatic N) is 1. The van der Waals surface area contributed by atoms with E-state index in [-0.39, 0.29) is 10.7 Å². The molecular formula is C22H17Cl2N3O2. The lowest BCUT2D eigenvalue weighted by Gasteiger charge is -2.12. The average Bonchev–Trinajstić information content (AvgIpc) is 2.71. The van der Waals surface area contributed by atoms with Gasteiger partial charge in [-0.2, -0.15) is 0 Å². The number of aromatic nitrogens is 1. The van der Waals surface area contributed by atoms with Crippen molar-refractivity contribution in [2.75, 3.05) is 10.6 Å². The van der Waals surface area contributed by atoms with Crippen LogP contribution in [-0.4, -0.2) is 16.8 Å². The van der Waals surface area contributed by atoms with Gasteiger partial charge in [0.25, 0.3) is 11.8 Å². The minimum Gasteiger partial charge on any atom is -0.322 e. The van der Waals surface area contributed by atoms with Crippen LogP contribution in [0.2, 0.25) is 10.2 Å². The molecule has 3 rings (SSSR count). The Balaban J connectivity index is 1.95. The van der Waals surface area contributed by atoms with Crippen molar-refractivity contribution in [2.24, 2.45) is 0 Å². The number of halogens is 2. The van der Waals surface area contributed by atoms with E-state index in [4.69, 9.17) is 23.2 Å². The third kappa shape index (κ3) is 5.22. The Hall–Kier alpha value is -3.15. The molecule has 0 atom stereocenters. The molecule has 0 aliphatic heterocycles. The van der Waals surface area contributed by atoms with E-state index in [0.29, 0.717) is 27.5 Å². The lowest BCUT2D eigenvalue weighted by atomic mass is 10.1. The molecule has 0 bridgehead atoms. The molecule has 0 spiro atoms. The van der Waals surface area contributed by atoms with Crippen LogP contribution in [0.3, 0.4) is 0 Å². The van der Waals surface area contributed by atoms with E-state index in [9.17, 15) is 9.59 Å². The summed E-state index contributed by atoms with van der Waals surface area (Å²) in [5.41, 5.74) is 2.10. The zero-order chi connectivity index (χ0) is 20.8. The number of carbonyl (C=O) groups is 2. The molecule has 146 valence electrons. The first-order valence-corrected chi connectivity index (χ1v) is 9.46. The van der Waals surface area contributed by atoms with E-state index in [2.05, 4.69) is 15.6 Å². The number of rotatable bonds is 5. The summed E-state index contributed by atoms with van der Waals surface area (Å²) in [7, 11) is 0. The Morgan fingerprint density at radius 3 is 2.34 bits per heavy atom. The lowest BCUT2D eigenvalue weighted by molar-refractivity contribution is -0.118. The maximum Gasteiger partial charge on any atom is 0.261 e. The van der Waals surface area contributed by atoms with Gasteiger partial charge >= 0.3 is 0 Å². The number of para-hydroxylation sites is 1. The summed E-state index contributed by atoms with van der Waals surface area (Å²) in [6.45, 7) is 1.78. The highest BCUT2D eigenvalue weighted by Gasteiger charge is 2.20. The predicted molar refractivity (Wildman–Crippen MR) is 117 cm³/mol. The van der Waals surface area contributed by atoms with Crippen molar-refractivity contribution in [3.8, 4) is 0 Å². The summed E-state index contributed by atoms with van der Waals surface area (Å²) in [5.74, 6) is -1.17. The highest BCUT2D eigenvalue weighted by molar-refractivity contribution is 6.33. The Labute approximate surface area is 178 Å². The number of anilines is 2. The number of pyridine rings is 1. The van der Waals surface area contributed by atoms with Gasteiger partial charge in [0.15, 0.2) is 0 Å². The number of benzene rings is 2. The number of carbonyl (C=O) groups excluding carboxylic acids is 2. The van der Waals surface area contributed by atoms with E-state index in [1.807, 2.05) is 6.07 Å². The molecule has 1 aromatic heterocycles. The van der Waals surface area contributed by atoms with Crippen LogP contribution in [0.15, 0.2) is 72.4 Å². The minimum absolute atomic E-state index is 0.122. The molecule has 0 saturated heterocycles. The molecular weight excluding hydrogens is 409 g/mol. The molecule has 0 radical (unpaired) electrons. The van der Waals surface area contributed by atoms with Gasteiger partial charge in [-0.05, 0) is 48.9 Å². The summed E-state index contributed by atoms with van der Waals surface area (Å²) < 4.78 is 0. The molecule has 0 fully saturated rings. The van der Waals surface area contributed by atoms with E-state index < -0.39 is 11.8 Å². The molecule has 2 N–H and O–H groups in total. The van der Waals surface area contributed by atoms with Gasteiger partial charge < -0.3 is 10.6 Å². The van der Waals surface area contributed by atoms with Gasteiger partial charge in [-0.15, -0.1) is 0 Å². The molecule has 29 heavy (non-hydrogen) atoms. The van der Waals surface area contributed by atoms with Crippen LogP contribution in [-0.2, 0) is 9.59 Å². The Morgan fingerprint density at radius 1 is 0.897 bits per heavy atom. The largest absolute Gasteiger partial charge is 0.322 e. The standard InChI is InChI=1S/C22H17Cl2N3O2/c1-14-18(23)10-5-11-19(14)27-22(29)17(13-15-7-6-12-25-20(15)24)21(28)26-16-8-3-2-4-9-16/h2-13H,1H3,(H,26,28)(H,27,29). The van der Waals surface area contributed by atoms with Gasteiger partial charge in [-0.1, -0.05) is 53.5 Å². The molecule has 2 amide bonds. The van der Waals surface area contributed by atoms with Gasteiger partial charge in [0.05, 0.1) is 0 Å². The van der Waals surface area contributed by atoms with Crippen LogP contribution in [0, 0.1) is 6.92 Å². The average molecular weight is 426 g/mol. The molecule has 1 heterocycles. The van der Waals surface area contributed by atoms with Gasteiger partial charge in [0.2, 0.25) is 0 Å². The monoisotopic (exact) mass is 425 g/mol. The van der Waals surface area contributed by atoms with E-state index >= 15 is 0 Å². The van der Waals surface area contributed by atoms with Crippen LogP contribution in [0.25, 0.3) is 6.08 Å². The van der Waals surface area contributed by atoms with Crippen molar-refractivity contribution in [3.63, 3.8) is 0 Å². The Bertz CT molecular complexity index is 1080. The SMILES string of the molecule is Cc1c(Cl)cccc1NC(=O)C(=Cc1cccnc1Cl)C(=O)Nc1ccccc1. The van der Waals surface area contributed by atoms with Crippen molar-refractivity contribution in [3.05, 3.63) is 93.7 Å². The molecule has 3 aromatic rings. The first-order valence-electron chi connectivity index (χ1n) is 8.71. The fourth-order valence-electron chi connectivity index (χ4n) is 2.55. The smallest absolute Gasteiger partial charge is 0.261 e. The normalized spacial score (nSPS) is 11.1. The predicted octanol–water partition coefficient (Wildman–Crippen LogP) is 5.36. The third-order valence-corrected chi connectivity index (χ3v) is 4.85. The van der Waals surface area contributed by atoms with Crippen LogP contribution in [0.5, 0.6) is 0 Å². The first kappa shape index (κ1) is 20.6. The molecule has 0 aliphatic rings. The summed E-state index contributed by atoms with van der Waals surface area (Å²) in [6, 6.07) is 17.3. The summed E-state index contributed by atoms with van der Waals surface area (Å²) in [6.07, 6.45) is 2.93. The summed E-state index contributed by atoms with van der Waals surface area (Å²) in [5, 5.41) is 6.15. The van der Waals surface area contributed by atoms with Crippen LogP contribution < -0.4 is 10.6 Å². The van der Waals surface area contributed by atoms with Gasteiger partial charge in [0.1, 0.15) is 10.7 Å². The van der Waals surface area contributed by atoms with Crippen LogP contribution >= 0.6 is 23.2 Å². The van der Waals surface area contributed by atoms with Crippen molar-refractivity contribution < 1.29 is 9.59 Å². The lowest BCUT2D eigenvalue weighted by Crippen LogP contribution is -2.25. The Kier molecular flexibility index (Phi) is 6.65. The summed E-state index contributed by atoms with van der Waals surface area (Å²) in [4.78, 5) is 29.8. The highest BCUT2D eigenvalue weighted by atomic mass is 35.5. The van der Waals surface area contributed by atoms with E-state index in [1.165, 1.54) is 12.3 Å². The number of hydrogen-bond donors (Lipinski definition) is 2. The van der Waals surface area contributed by atoms with Crippen molar-refractivity contribution in [2.45, 2.75) is 6.92 Å². The van der Waals surface area contributed by atoms with Crippen LogP contribution in [0.1, 0.15) is 11.1 Å². The number of nitrogens with one attached hydrogen (secondary N) is 2. The molecule has 7 heteroatoms. The maximum absolute atomic E-state index is 13.0. The second-order valence-corrected chi connectivity index (χ2v) is 6.89. The first-order chi connectivity index (χ1) is 14.0. The second-order valence-electron chi connectivity index (χ2n) is 6.13. The fourth-order valence-corrected chi connectivity index (χ4v) is 2.90. The third-order valence-electron chi connectivity index (χ3n) is 4.12. The highest BCUT2D eigenvalue weighted by Crippen LogP contribution is 2.24. The van der Waals surface area contributed by atoms with E-state index in [1.54, 1.807) is 61.5 Å². The summed E-state index contributed by atoms with van der Waals surface area (Å²) >= 11 is 12.2. The van der Waals surface area contributed by atoms with Crippen LogP contribution in [0.4, 0.5) is 11.4 Å². The fraction of sp³-hybridized carbons (Fsp3) is 0.0455. The second kappa shape index (κ2) is 9.37. The topological polar surface area (TPSA) is 71.1 Å². The number of hydrogen-bond acceptors (Lipinski definition) is 3. The van der Waals surface area contributed by atoms with Crippen molar-refractivity contribution in [1.29, 1.82) is 0 Å². The van der Waals surface area contributed by atoms with Gasteiger partial charge in [-0.25, -0.2) is 4.98 Å². The molecule has 5 nitrogen and oxygen atoms in total. The quantitative estimate of drug-likeness (QED) is 0.250. The minimum atomic E-state index is -0.594.